The minimum Gasteiger partial charge on any atom is -0.409 e. The zero-order valence-electron chi connectivity index (χ0n) is 11.8. The fourth-order valence-corrected chi connectivity index (χ4v) is 2.79. The molecule has 1 aromatic rings. The summed E-state index contributed by atoms with van der Waals surface area (Å²) in [5.41, 5.74) is 6.48. The molecular weight excluding hydrogens is 257 g/mol. The third-order valence-electron chi connectivity index (χ3n) is 4.12. The average Bonchev–Trinajstić information content (AvgIpc) is 2.71. The summed E-state index contributed by atoms with van der Waals surface area (Å²) in [7, 11) is 0. The van der Waals surface area contributed by atoms with Crippen molar-refractivity contribution in [3.05, 3.63) is 29.6 Å². The number of hydrogen-bond acceptors (Lipinski definition) is 3. The van der Waals surface area contributed by atoms with E-state index in [9.17, 15) is 4.39 Å². The molecule has 2 rings (SSSR count). The number of halogens is 1. The standard InChI is InChI=1S/C15H22FN3O/c1-2-11-4-3-8-19(9-7-11)14-6-5-12(10-13(14)16)15(17)18-20/h5-6,10-11,20H,2-4,7-9H2,1H3,(H2,17,18). The first-order chi connectivity index (χ1) is 9.65. The summed E-state index contributed by atoms with van der Waals surface area (Å²) in [5, 5.41) is 11.5. The van der Waals surface area contributed by atoms with E-state index < -0.39 is 0 Å². The van der Waals surface area contributed by atoms with Crippen molar-refractivity contribution in [1.82, 2.24) is 0 Å². The number of rotatable bonds is 3. The maximum atomic E-state index is 14.2. The number of oxime groups is 1. The Morgan fingerprint density at radius 1 is 1.45 bits per heavy atom. The lowest BCUT2D eigenvalue weighted by atomic mass is 9.98. The van der Waals surface area contributed by atoms with E-state index in [4.69, 9.17) is 10.9 Å². The third-order valence-corrected chi connectivity index (χ3v) is 4.12. The van der Waals surface area contributed by atoms with E-state index in [0.717, 1.165) is 31.8 Å². The van der Waals surface area contributed by atoms with Gasteiger partial charge in [-0.25, -0.2) is 4.39 Å². The zero-order valence-corrected chi connectivity index (χ0v) is 11.8. The van der Waals surface area contributed by atoms with Crippen LogP contribution in [0.2, 0.25) is 0 Å². The molecule has 1 atom stereocenters. The van der Waals surface area contributed by atoms with Gasteiger partial charge in [0.05, 0.1) is 5.69 Å². The minimum atomic E-state index is -0.316. The van der Waals surface area contributed by atoms with Crippen LogP contribution in [-0.4, -0.2) is 24.1 Å². The Hall–Kier alpha value is -1.78. The van der Waals surface area contributed by atoms with Crippen LogP contribution in [0.25, 0.3) is 0 Å². The van der Waals surface area contributed by atoms with Crippen LogP contribution in [0.15, 0.2) is 23.4 Å². The summed E-state index contributed by atoms with van der Waals surface area (Å²) in [5.74, 6) is 0.362. The van der Waals surface area contributed by atoms with Crippen LogP contribution < -0.4 is 10.6 Å². The van der Waals surface area contributed by atoms with Crippen molar-refractivity contribution in [2.75, 3.05) is 18.0 Å². The van der Waals surface area contributed by atoms with Gasteiger partial charge in [0, 0.05) is 18.7 Å². The van der Waals surface area contributed by atoms with Crippen LogP contribution in [0.5, 0.6) is 0 Å². The molecule has 1 unspecified atom stereocenters. The van der Waals surface area contributed by atoms with Gasteiger partial charge >= 0.3 is 0 Å². The van der Waals surface area contributed by atoms with Crippen molar-refractivity contribution in [3.8, 4) is 0 Å². The van der Waals surface area contributed by atoms with Crippen LogP contribution in [0, 0.1) is 11.7 Å². The first-order valence-corrected chi connectivity index (χ1v) is 7.18. The van der Waals surface area contributed by atoms with E-state index in [0.29, 0.717) is 11.3 Å². The minimum absolute atomic E-state index is 0.0719. The van der Waals surface area contributed by atoms with E-state index in [-0.39, 0.29) is 11.7 Å². The second-order valence-corrected chi connectivity index (χ2v) is 5.34. The van der Waals surface area contributed by atoms with Crippen molar-refractivity contribution >= 4 is 11.5 Å². The van der Waals surface area contributed by atoms with Gasteiger partial charge in [0.15, 0.2) is 5.84 Å². The summed E-state index contributed by atoms with van der Waals surface area (Å²) < 4.78 is 14.2. The number of nitrogens with two attached hydrogens (primary N) is 1. The van der Waals surface area contributed by atoms with Gasteiger partial charge in [0.25, 0.3) is 0 Å². The van der Waals surface area contributed by atoms with Gasteiger partial charge in [-0.05, 0) is 43.4 Å². The molecule has 1 saturated heterocycles. The van der Waals surface area contributed by atoms with Crippen molar-refractivity contribution < 1.29 is 9.60 Å². The van der Waals surface area contributed by atoms with Crippen LogP contribution in [0.3, 0.4) is 0 Å². The lowest BCUT2D eigenvalue weighted by Gasteiger charge is -2.23. The molecule has 4 nitrogen and oxygen atoms in total. The van der Waals surface area contributed by atoms with Gasteiger partial charge in [0.1, 0.15) is 5.82 Å². The van der Waals surface area contributed by atoms with E-state index in [1.807, 2.05) is 0 Å². The molecule has 0 spiro atoms. The number of anilines is 1. The van der Waals surface area contributed by atoms with Crippen molar-refractivity contribution in [3.63, 3.8) is 0 Å². The van der Waals surface area contributed by atoms with Gasteiger partial charge in [-0.3, -0.25) is 0 Å². The molecule has 110 valence electrons. The first-order valence-electron chi connectivity index (χ1n) is 7.18. The molecule has 20 heavy (non-hydrogen) atoms. The lowest BCUT2D eigenvalue weighted by molar-refractivity contribution is 0.318. The summed E-state index contributed by atoms with van der Waals surface area (Å²) in [6, 6.07) is 4.73. The molecule has 0 saturated carbocycles. The van der Waals surface area contributed by atoms with Crippen molar-refractivity contribution in [2.24, 2.45) is 16.8 Å². The van der Waals surface area contributed by atoms with Gasteiger partial charge in [0.2, 0.25) is 0 Å². The predicted molar refractivity (Wildman–Crippen MR) is 78.8 cm³/mol. The topological polar surface area (TPSA) is 61.8 Å². The molecule has 0 aliphatic carbocycles. The van der Waals surface area contributed by atoms with E-state index in [1.54, 1.807) is 12.1 Å². The summed E-state index contributed by atoms with van der Waals surface area (Å²) in [6.07, 6.45) is 4.62. The van der Waals surface area contributed by atoms with E-state index >= 15 is 0 Å². The zero-order chi connectivity index (χ0) is 14.5. The fourth-order valence-electron chi connectivity index (χ4n) is 2.79. The Morgan fingerprint density at radius 3 is 2.90 bits per heavy atom. The van der Waals surface area contributed by atoms with Crippen LogP contribution in [0.1, 0.15) is 38.2 Å². The molecule has 5 heteroatoms. The summed E-state index contributed by atoms with van der Waals surface area (Å²) >= 11 is 0. The number of hydrogen-bond donors (Lipinski definition) is 2. The van der Waals surface area contributed by atoms with Crippen molar-refractivity contribution in [2.45, 2.75) is 32.6 Å². The molecule has 1 aliphatic heterocycles. The molecule has 1 aromatic carbocycles. The van der Waals surface area contributed by atoms with Gasteiger partial charge in [-0.15, -0.1) is 0 Å². The van der Waals surface area contributed by atoms with Crippen LogP contribution in [-0.2, 0) is 0 Å². The molecule has 0 radical (unpaired) electrons. The van der Waals surface area contributed by atoms with Crippen LogP contribution >= 0.6 is 0 Å². The first kappa shape index (κ1) is 14.6. The highest BCUT2D eigenvalue weighted by Gasteiger charge is 2.18. The lowest BCUT2D eigenvalue weighted by Crippen LogP contribution is -2.25. The number of benzene rings is 1. The Bertz CT molecular complexity index is 490. The number of nitrogens with zero attached hydrogens (tertiary/aromatic N) is 2. The SMILES string of the molecule is CCC1CCCN(c2ccc(C(N)=NO)cc2F)CC1. The van der Waals surface area contributed by atoms with E-state index in [2.05, 4.69) is 17.0 Å². The summed E-state index contributed by atoms with van der Waals surface area (Å²) in [6.45, 7) is 3.99. The molecular formula is C15H22FN3O. The molecule has 1 heterocycles. The second-order valence-electron chi connectivity index (χ2n) is 5.34. The maximum Gasteiger partial charge on any atom is 0.170 e. The Balaban J connectivity index is 2.16. The van der Waals surface area contributed by atoms with Gasteiger partial charge in [-0.2, -0.15) is 0 Å². The molecule has 0 amide bonds. The molecule has 0 aromatic heterocycles. The van der Waals surface area contributed by atoms with Gasteiger partial charge < -0.3 is 15.8 Å². The quantitative estimate of drug-likeness (QED) is 0.387. The predicted octanol–water partition coefficient (Wildman–Crippen LogP) is 2.94. The average molecular weight is 279 g/mol. The molecule has 1 fully saturated rings. The van der Waals surface area contributed by atoms with Crippen molar-refractivity contribution in [1.29, 1.82) is 0 Å². The van der Waals surface area contributed by atoms with Gasteiger partial charge in [-0.1, -0.05) is 18.5 Å². The molecule has 1 aliphatic rings. The summed E-state index contributed by atoms with van der Waals surface area (Å²) in [4.78, 5) is 2.10. The highest BCUT2D eigenvalue weighted by atomic mass is 19.1. The fraction of sp³-hybridized carbons (Fsp3) is 0.533. The van der Waals surface area contributed by atoms with E-state index in [1.165, 1.54) is 18.9 Å². The largest absolute Gasteiger partial charge is 0.409 e. The monoisotopic (exact) mass is 279 g/mol. The molecule has 0 bridgehead atoms. The second kappa shape index (κ2) is 6.59. The Labute approximate surface area is 119 Å². The van der Waals surface area contributed by atoms with Crippen LogP contribution in [0.4, 0.5) is 10.1 Å². The highest BCUT2D eigenvalue weighted by molar-refractivity contribution is 5.97. The Kier molecular flexibility index (Phi) is 4.82. The third kappa shape index (κ3) is 3.21. The highest BCUT2D eigenvalue weighted by Crippen LogP contribution is 2.26. The maximum absolute atomic E-state index is 14.2. The normalized spacial score (nSPS) is 20.8. The molecule has 3 N–H and O–H groups in total. The smallest absolute Gasteiger partial charge is 0.170 e. The Morgan fingerprint density at radius 2 is 2.25 bits per heavy atom. The number of amidine groups is 1.